The Balaban J connectivity index is 1.59. The van der Waals surface area contributed by atoms with Crippen molar-refractivity contribution in [2.24, 2.45) is 13.0 Å². The first-order valence-corrected chi connectivity index (χ1v) is 7.23. The Labute approximate surface area is 109 Å². The second-order valence-electron chi connectivity index (χ2n) is 5.89. The van der Waals surface area contributed by atoms with Crippen LogP contribution in [0.25, 0.3) is 0 Å². The van der Waals surface area contributed by atoms with Gasteiger partial charge in [-0.2, -0.15) is 0 Å². The molecule has 1 N–H and O–H groups in total. The van der Waals surface area contributed by atoms with E-state index in [1.807, 2.05) is 12.4 Å². The second-order valence-corrected chi connectivity index (χ2v) is 5.89. The van der Waals surface area contributed by atoms with Gasteiger partial charge in [0.05, 0.1) is 6.54 Å². The summed E-state index contributed by atoms with van der Waals surface area (Å²) < 4.78 is 2.14. The summed E-state index contributed by atoms with van der Waals surface area (Å²) in [6, 6.07) is 0.698. The highest BCUT2D eigenvalue weighted by molar-refractivity contribution is 4.93. The highest BCUT2D eigenvalue weighted by Crippen LogP contribution is 2.30. The maximum absolute atomic E-state index is 4.46. The molecule has 2 fully saturated rings. The Hall–Kier alpha value is -0.870. The van der Waals surface area contributed by atoms with E-state index in [9.17, 15) is 0 Å². The third kappa shape index (κ3) is 3.12. The van der Waals surface area contributed by atoms with Crippen LogP contribution in [0.15, 0.2) is 12.4 Å². The van der Waals surface area contributed by atoms with Crippen LogP contribution in [0, 0.1) is 5.92 Å². The normalized spacial score (nSPS) is 24.0. The molecule has 1 saturated carbocycles. The number of imidazole rings is 1. The Morgan fingerprint density at radius 3 is 2.89 bits per heavy atom. The van der Waals surface area contributed by atoms with Crippen molar-refractivity contribution in [1.82, 2.24) is 19.8 Å². The minimum atomic E-state index is 0.698. The number of aromatic nitrogens is 2. The molecule has 1 atom stereocenters. The molecule has 2 aliphatic rings. The highest BCUT2D eigenvalue weighted by Gasteiger charge is 2.27. The van der Waals surface area contributed by atoms with E-state index in [0.29, 0.717) is 6.04 Å². The summed E-state index contributed by atoms with van der Waals surface area (Å²) >= 11 is 0. The molecule has 1 unspecified atom stereocenters. The number of hydrogen-bond acceptors (Lipinski definition) is 3. The molecular weight excluding hydrogens is 224 g/mol. The van der Waals surface area contributed by atoms with Crippen molar-refractivity contribution in [2.75, 3.05) is 19.6 Å². The molecule has 2 heterocycles. The Morgan fingerprint density at radius 2 is 2.28 bits per heavy atom. The molecule has 0 aromatic carbocycles. The van der Waals surface area contributed by atoms with Crippen LogP contribution in [-0.4, -0.2) is 40.1 Å². The predicted molar refractivity (Wildman–Crippen MR) is 72.2 cm³/mol. The van der Waals surface area contributed by atoms with Gasteiger partial charge < -0.3 is 9.88 Å². The Morgan fingerprint density at radius 1 is 1.39 bits per heavy atom. The van der Waals surface area contributed by atoms with E-state index in [1.54, 1.807) is 0 Å². The highest BCUT2D eigenvalue weighted by atomic mass is 15.2. The van der Waals surface area contributed by atoms with Gasteiger partial charge in [0.2, 0.25) is 0 Å². The van der Waals surface area contributed by atoms with Crippen molar-refractivity contribution in [3.05, 3.63) is 18.2 Å². The zero-order chi connectivity index (χ0) is 12.4. The lowest BCUT2D eigenvalue weighted by atomic mass is 10.2. The summed E-state index contributed by atoms with van der Waals surface area (Å²) in [6.07, 6.45) is 9.47. The largest absolute Gasteiger partial charge is 0.337 e. The molecule has 1 aliphatic heterocycles. The van der Waals surface area contributed by atoms with Gasteiger partial charge in [-0.1, -0.05) is 0 Å². The van der Waals surface area contributed by atoms with Crippen molar-refractivity contribution in [2.45, 2.75) is 38.3 Å². The maximum Gasteiger partial charge on any atom is 0.122 e. The summed E-state index contributed by atoms with van der Waals surface area (Å²) in [5.41, 5.74) is 0. The molecule has 100 valence electrons. The van der Waals surface area contributed by atoms with Gasteiger partial charge in [0.25, 0.3) is 0 Å². The third-order valence-corrected chi connectivity index (χ3v) is 4.14. The molecule has 1 aromatic heterocycles. The minimum absolute atomic E-state index is 0.698. The molecule has 0 spiro atoms. The Kier molecular flexibility index (Phi) is 3.66. The van der Waals surface area contributed by atoms with E-state index in [2.05, 4.69) is 26.8 Å². The van der Waals surface area contributed by atoms with Gasteiger partial charge in [-0.25, -0.2) is 4.98 Å². The monoisotopic (exact) mass is 248 g/mol. The second kappa shape index (κ2) is 5.41. The molecule has 1 aliphatic carbocycles. The summed E-state index contributed by atoms with van der Waals surface area (Å²) in [5, 5.41) is 3.61. The zero-order valence-electron chi connectivity index (χ0n) is 11.3. The maximum atomic E-state index is 4.46. The van der Waals surface area contributed by atoms with Crippen molar-refractivity contribution in [3.63, 3.8) is 0 Å². The number of nitrogens with one attached hydrogen (secondary N) is 1. The lowest BCUT2D eigenvalue weighted by molar-refractivity contribution is 0.224. The fourth-order valence-electron chi connectivity index (χ4n) is 2.84. The molecular formula is C14H24N4. The summed E-state index contributed by atoms with van der Waals surface area (Å²) in [6.45, 7) is 4.64. The fourth-order valence-corrected chi connectivity index (χ4v) is 2.84. The van der Waals surface area contributed by atoms with Gasteiger partial charge in [0, 0.05) is 38.6 Å². The van der Waals surface area contributed by atoms with Gasteiger partial charge in [0.15, 0.2) is 0 Å². The standard InChI is InChI=1S/C14H24N4/c1-17-8-7-16-14(17)11-18(9-12-4-5-12)10-13-3-2-6-15-13/h7-8,12-13,15H,2-6,9-11H2,1H3. The quantitative estimate of drug-likeness (QED) is 0.826. The fraction of sp³-hybridized carbons (Fsp3) is 0.786. The molecule has 4 nitrogen and oxygen atoms in total. The molecule has 1 saturated heterocycles. The molecule has 0 amide bonds. The summed E-state index contributed by atoms with van der Waals surface area (Å²) in [4.78, 5) is 7.06. The average Bonchev–Trinajstić information content (AvgIpc) is 2.84. The number of hydrogen-bond donors (Lipinski definition) is 1. The van der Waals surface area contributed by atoms with Crippen molar-refractivity contribution in [1.29, 1.82) is 0 Å². The van der Waals surface area contributed by atoms with Crippen LogP contribution in [-0.2, 0) is 13.6 Å². The van der Waals surface area contributed by atoms with Crippen LogP contribution < -0.4 is 5.32 Å². The van der Waals surface area contributed by atoms with Gasteiger partial charge in [-0.15, -0.1) is 0 Å². The zero-order valence-corrected chi connectivity index (χ0v) is 11.3. The summed E-state index contributed by atoms with van der Waals surface area (Å²) in [7, 11) is 2.09. The lowest BCUT2D eigenvalue weighted by Crippen LogP contribution is -2.38. The van der Waals surface area contributed by atoms with Crippen LogP contribution in [0.4, 0.5) is 0 Å². The average molecular weight is 248 g/mol. The predicted octanol–water partition coefficient (Wildman–Crippen LogP) is 1.38. The number of rotatable bonds is 6. The van der Waals surface area contributed by atoms with Crippen molar-refractivity contribution in [3.8, 4) is 0 Å². The number of nitrogens with zero attached hydrogens (tertiary/aromatic N) is 3. The first-order chi connectivity index (χ1) is 8.81. The number of aryl methyl sites for hydroxylation is 1. The summed E-state index contributed by atoms with van der Waals surface area (Å²) in [5.74, 6) is 2.14. The first-order valence-electron chi connectivity index (χ1n) is 7.23. The molecule has 18 heavy (non-hydrogen) atoms. The van der Waals surface area contributed by atoms with Crippen LogP contribution in [0.3, 0.4) is 0 Å². The van der Waals surface area contributed by atoms with Crippen LogP contribution >= 0.6 is 0 Å². The van der Waals surface area contributed by atoms with Crippen LogP contribution in [0.1, 0.15) is 31.5 Å². The van der Waals surface area contributed by atoms with Crippen LogP contribution in [0.2, 0.25) is 0 Å². The molecule has 1 aromatic rings. The topological polar surface area (TPSA) is 33.1 Å². The van der Waals surface area contributed by atoms with Crippen molar-refractivity contribution >= 4 is 0 Å². The van der Waals surface area contributed by atoms with Crippen LogP contribution in [0.5, 0.6) is 0 Å². The molecule has 0 bridgehead atoms. The first kappa shape index (κ1) is 12.2. The third-order valence-electron chi connectivity index (χ3n) is 4.14. The van der Waals surface area contributed by atoms with E-state index in [4.69, 9.17) is 0 Å². The van der Waals surface area contributed by atoms with Gasteiger partial charge in [-0.05, 0) is 38.1 Å². The smallest absolute Gasteiger partial charge is 0.122 e. The molecule has 0 radical (unpaired) electrons. The Bertz CT molecular complexity index is 377. The van der Waals surface area contributed by atoms with Gasteiger partial charge in [0.1, 0.15) is 5.82 Å². The van der Waals surface area contributed by atoms with E-state index in [0.717, 1.165) is 12.5 Å². The van der Waals surface area contributed by atoms with E-state index >= 15 is 0 Å². The molecule has 3 rings (SSSR count). The van der Waals surface area contributed by atoms with Gasteiger partial charge in [-0.3, -0.25) is 4.90 Å². The van der Waals surface area contributed by atoms with E-state index in [-0.39, 0.29) is 0 Å². The SMILES string of the molecule is Cn1ccnc1CN(CC1CC1)CC1CCCN1. The minimum Gasteiger partial charge on any atom is -0.337 e. The molecule has 4 heteroatoms. The van der Waals surface area contributed by atoms with Crippen molar-refractivity contribution < 1.29 is 0 Å². The lowest BCUT2D eigenvalue weighted by Gasteiger charge is -2.25. The van der Waals surface area contributed by atoms with E-state index < -0.39 is 0 Å². The van der Waals surface area contributed by atoms with E-state index in [1.165, 1.54) is 51.1 Å². The van der Waals surface area contributed by atoms with Gasteiger partial charge >= 0.3 is 0 Å².